The molecule has 1 amide bonds. The first kappa shape index (κ1) is 16.1. The van der Waals surface area contributed by atoms with Crippen molar-refractivity contribution in [2.45, 2.75) is 39.7 Å². The molecular weight excluding hydrogens is 306 g/mol. The average Bonchev–Trinajstić information content (AvgIpc) is 3.00. The van der Waals surface area contributed by atoms with E-state index in [0.29, 0.717) is 17.1 Å². The number of benzene rings is 1. The molecular formula is C18H19N3O3. The van der Waals surface area contributed by atoms with Gasteiger partial charge in [0.1, 0.15) is 12.4 Å². The zero-order valence-corrected chi connectivity index (χ0v) is 13.8. The van der Waals surface area contributed by atoms with Gasteiger partial charge in [-0.25, -0.2) is 4.98 Å². The Morgan fingerprint density at radius 2 is 1.92 bits per heavy atom. The van der Waals surface area contributed by atoms with E-state index in [1.165, 1.54) is 11.5 Å². The lowest BCUT2D eigenvalue weighted by Crippen LogP contribution is -2.32. The van der Waals surface area contributed by atoms with Gasteiger partial charge in [-0.2, -0.15) is 0 Å². The van der Waals surface area contributed by atoms with Crippen LogP contribution in [0.2, 0.25) is 0 Å². The Bertz CT molecular complexity index is 866. The van der Waals surface area contributed by atoms with Crippen LogP contribution in [0.1, 0.15) is 40.8 Å². The number of ketones is 1. The van der Waals surface area contributed by atoms with Gasteiger partial charge in [0, 0.05) is 16.8 Å². The van der Waals surface area contributed by atoms with Crippen molar-refractivity contribution in [3.05, 3.63) is 57.3 Å². The second kappa shape index (κ2) is 6.39. The zero-order valence-electron chi connectivity index (χ0n) is 13.8. The summed E-state index contributed by atoms with van der Waals surface area (Å²) in [5.41, 5.74) is 2.66. The van der Waals surface area contributed by atoms with Crippen LogP contribution in [0, 0.1) is 6.92 Å². The summed E-state index contributed by atoms with van der Waals surface area (Å²) in [5, 5.41) is 2.74. The maximum absolute atomic E-state index is 12.5. The Hall–Kier alpha value is -2.76. The zero-order chi connectivity index (χ0) is 17.3. The first-order chi connectivity index (χ1) is 11.5. The molecule has 6 heteroatoms. The van der Waals surface area contributed by atoms with E-state index in [1.807, 2.05) is 0 Å². The number of hydrogen-bond acceptors (Lipinski definition) is 4. The van der Waals surface area contributed by atoms with Gasteiger partial charge in [-0.1, -0.05) is 0 Å². The van der Waals surface area contributed by atoms with Gasteiger partial charge >= 0.3 is 0 Å². The number of Topliss-reactive ketones (excluding diaryl/α,β-unsaturated/α-hetero) is 1. The molecule has 1 aliphatic rings. The molecule has 6 nitrogen and oxygen atoms in total. The van der Waals surface area contributed by atoms with E-state index in [1.54, 1.807) is 31.2 Å². The van der Waals surface area contributed by atoms with Gasteiger partial charge < -0.3 is 5.32 Å². The summed E-state index contributed by atoms with van der Waals surface area (Å²) in [6, 6.07) is 6.66. The van der Waals surface area contributed by atoms with Crippen LogP contribution in [-0.4, -0.2) is 21.2 Å². The standard InChI is InChI=1S/C18H19N3O3/c1-11(22)13-6-8-14(9-7-13)20-17(23)10-21-12(2)19-16-5-3-4-15(16)18(21)24/h6-9H,3-5,10H2,1-2H3,(H,20,23). The molecule has 0 atom stereocenters. The number of amides is 1. The Balaban J connectivity index is 1.76. The number of carbonyl (C=O) groups is 2. The molecule has 0 bridgehead atoms. The number of aryl methyl sites for hydroxylation is 2. The number of anilines is 1. The van der Waals surface area contributed by atoms with E-state index in [0.717, 1.165) is 30.5 Å². The minimum atomic E-state index is -0.296. The SMILES string of the molecule is CC(=O)c1ccc(NC(=O)Cn2c(C)nc3c(c2=O)CCC3)cc1. The van der Waals surface area contributed by atoms with Crippen molar-refractivity contribution < 1.29 is 9.59 Å². The van der Waals surface area contributed by atoms with Gasteiger partial charge in [0.25, 0.3) is 5.56 Å². The third kappa shape index (κ3) is 3.13. The van der Waals surface area contributed by atoms with Crippen molar-refractivity contribution in [1.29, 1.82) is 0 Å². The molecule has 0 spiro atoms. The molecule has 24 heavy (non-hydrogen) atoms. The number of fused-ring (bicyclic) bond motifs is 1. The van der Waals surface area contributed by atoms with Crippen molar-refractivity contribution in [1.82, 2.24) is 9.55 Å². The maximum Gasteiger partial charge on any atom is 0.257 e. The highest BCUT2D eigenvalue weighted by atomic mass is 16.2. The van der Waals surface area contributed by atoms with Crippen LogP contribution in [0.4, 0.5) is 5.69 Å². The van der Waals surface area contributed by atoms with E-state index in [4.69, 9.17) is 0 Å². The van der Waals surface area contributed by atoms with Gasteiger partial charge in [0.2, 0.25) is 5.91 Å². The third-order valence-corrected chi connectivity index (χ3v) is 4.26. The van der Waals surface area contributed by atoms with Crippen molar-refractivity contribution >= 4 is 17.4 Å². The first-order valence-electron chi connectivity index (χ1n) is 7.96. The fourth-order valence-corrected chi connectivity index (χ4v) is 2.97. The van der Waals surface area contributed by atoms with Gasteiger partial charge in [0.05, 0.1) is 5.69 Å². The maximum atomic E-state index is 12.5. The number of aromatic nitrogens is 2. The van der Waals surface area contributed by atoms with Gasteiger partial charge in [0.15, 0.2) is 5.78 Å². The number of carbonyl (C=O) groups excluding carboxylic acids is 2. The number of nitrogens with one attached hydrogen (secondary N) is 1. The normalized spacial score (nSPS) is 12.8. The Morgan fingerprint density at radius 1 is 1.21 bits per heavy atom. The van der Waals surface area contributed by atoms with E-state index in [2.05, 4.69) is 10.3 Å². The molecule has 0 fully saturated rings. The monoisotopic (exact) mass is 325 g/mol. The van der Waals surface area contributed by atoms with Gasteiger partial charge in [-0.15, -0.1) is 0 Å². The summed E-state index contributed by atoms with van der Waals surface area (Å²) in [7, 11) is 0. The molecule has 1 aromatic carbocycles. The van der Waals surface area contributed by atoms with Crippen LogP contribution in [0.5, 0.6) is 0 Å². The van der Waals surface area contributed by atoms with E-state index < -0.39 is 0 Å². The van der Waals surface area contributed by atoms with Crippen molar-refractivity contribution in [2.24, 2.45) is 0 Å². The highest BCUT2D eigenvalue weighted by molar-refractivity contribution is 5.95. The minimum Gasteiger partial charge on any atom is -0.325 e. The van der Waals surface area contributed by atoms with Crippen LogP contribution >= 0.6 is 0 Å². The van der Waals surface area contributed by atoms with Crippen molar-refractivity contribution in [2.75, 3.05) is 5.32 Å². The van der Waals surface area contributed by atoms with Gasteiger partial charge in [-0.3, -0.25) is 19.0 Å². The summed E-state index contributed by atoms with van der Waals surface area (Å²) in [6.45, 7) is 3.16. The Morgan fingerprint density at radius 3 is 2.58 bits per heavy atom. The quantitative estimate of drug-likeness (QED) is 0.870. The molecule has 1 heterocycles. The molecule has 1 N–H and O–H groups in total. The highest BCUT2D eigenvalue weighted by Crippen LogP contribution is 2.16. The number of hydrogen-bond donors (Lipinski definition) is 1. The fraction of sp³-hybridized carbons (Fsp3) is 0.333. The molecule has 1 aromatic heterocycles. The number of nitrogens with zero attached hydrogens (tertiary/aromatic N) is 2. The minimum absolute atomic E-state index is 0.0285. The van der Waals surface area contributed by atoms with Crippen molar-refractivity contribution in [3.8, 4) is 0 Å². The second-order valence-corrected chi connectivity index (χ2v) is 6.01. The molecule has 0 unspecified atom stereocenters. The molecule has 0 saturated carbocycles. The van der Waals surface area contributed by atoms with Crippen LogP contribution < -0.4 is 10.9 Å². The van der Waals surface area contributed by atoms with Crippen molar-refractivity contribution in [3.63, 3.8) is 0 Å². The largest absolute Gasteiger partial charge is 0.325 e. The smallest absolute Gasteiger partial charge is 0.257 e. The molecule has 2 aromatic rings. The predicted octanol–water partition coefficient (Wildman–Crippen LogP) is 1.88. The second-order valence-electron chi connectivity index (χ2n) is 6.01. The fourth-order valence-electron chi connectivity index (χ4n) is 2.97. The average molecular weight is 325 g/mol. The molecule has 0 radical (unpaired) electrons. The van der Waals surface area contributed by atoms with Crippen LogP contribution in [-0.2, 0) is 24.2 Å². The Labute approximate surface area is 139 Å². The lowest BCUT2D eigenvalue weighted by Gasteiger charge is -2.12. The summed E-state index contributed by atoms with van der Waals surface area (Å²) in [4.78, 5) is 40.4. The van der Waals surface area contributed by atoms with E-state index >= 15 is 0 Å². The van der Waals surface area contributed by atoms with Crippen LogP contribution in [0.25, 0.3) is 0 Å². The number of rotatable bonds is 4. The first-order valence-corrected chi connectivity index (χ1v) is 7.96. The molecule has 0 saturated heterocycles. The van der Waals surface area contributed by atoms with Crippen LogP contribution in [0.15, 0.2) is 29.1 Å². The van der Waals surface area contributed by atoms with Gasteiger partial charge in [-0.05, 0) is 57.4 Å². The summed E-state index contributed by atoms with van der Waals surface area (Å²) in [6.07, 6.45) is 2.51. The third-order valence-electron chi connectivity index (χ3n) is 4.26. The Kier molecular flexibility index (Phi) is 4.29. The lowest BCUT2D eigenvalue weighted by molar-refractivity contribution is -0.116. The summed E-state index contributed by atoms with van der Waals surface area (Å²) < 4.78 is 1.42. The lowest BCUT2D eigenvalue weighted by atomic mass is 10.1. The summed E-state index contributed by atoms with van der Waals surface area (Å²) >= 11 is 0. The van der Waals surface area contributed by atoms with E-state index in [9.17, 15) is 14.4 Å². The van der Waals surface area contributed by atoms with Crippen LogP contribution in [0.3, 0.4) is 0 Å². The topological polar surface area (TPSA) is 81.1 Å². The molecule has 3 rings (SSSR count). The predicted molar refractivity (Wildman–Crippen MR) is 90.3 cm³/mol. The summed E-state index contributed by atoms with van der Waals surface area (Å²) in [5.74, 6) is 0.234. The molecule has 124 valence electrons. The highest BCUT2D eigenvalue weighted by Gasteiger charge is 2.20. The molecule has 1 aliphatic carbocycles. The molecule has 0 aliphatic heterocycles. The van der Waals surface area contributed by atoms with E-state index in [-0.39, 0.29) is 23.8 Å².